The van der Waals surface area contributed by atoms with Crippen molar-refractivity contribution in [3.63, 3.8) is 0 Å². The fourth-order valence-electron chi connectivity index (χ4n) is 3.41. The number of sulfone groups is 1. The molecule has 26 heavy (non-hydrogen) atoms. The summed E-state index contributed by atoms with van der Waals surface area (Å²) in [4.78, 5) is 12.4. The topological polar surface area (TPSA) is 60.4 Å². The zero-order chi connectivity index (χ0) is 18.4. The van der Waals surface area contributed by atoms with Crippen LogP contribution in [0, 0.1) is 0 Å². The second-order valence-electron chi connectivity index (χ2n) is 6.71. The van der Waals surface area contributed by atoms with Crippen molar-refractivity contribution in [3.8, 4) is 0 Å². The van der Waals surface area contributed by atoms with Crippen molar-refractivity contribution >= 4 is 15.8 Å². The van der Waals surface area contributed by atoms with E-state index in [1.54, 1.807) is 0 Å². The van der Waals surface area contributed by atoms with Gasteiger partial charge in [-0.05, 0) is 24.0 Å². The first-order valence-electron chi connectivity index (χ1n) is 9.07. The SMILES string of the molecule is O=C(CCS(=O)(=O)C1CCCC1)OC(c1ccccc1)c1ccccc1. The summed E-state index contributed by atoms with van der Waals surface area (Å²) in [5.74, 6) is -0.614. The quantitative estimate of drug-likeness (QED) is 0.688. The molecule has 0 atom stereocenters. The number of ether oxygens (including phenoxy) is 1. The lowest BCUT2D eigenvalue weighted by molar-refractivity contribution is -0.147. The van der Waals surface area contributed by atoms with Gasteiger partial charge in [-0.3, -0.25) is 4.79 Å². The molecule has 138 valence electrons. The highest BCUT2D eigenvalue weighted by Gasteiger charge is 2.29. The van der Waals surface area contributed by atoms with Crippen LogP contribution in [0.1, 0.15) is 49.3 Å². The Morgan fingerprint density at radius 2 is 1.42 bits per heavy atom. The summed E-state index contributed by atoms with van der Waals surface area (Å²) >= 11 is 0. The molecule has 5 heteroatoms. The Labute approximate surface area is 155 Å². The monoisotopic (exact) mass is 372 g/mol. The van der Waals surface area contributed by atoms with Gasteiger partial charge in [0.1, 0.15) is 0 Å². The molecule has 4 nitrogen and oxygen atoms in total. The highest BCUT2D eigenvalue weighted by atomic mass is 32.2. The number of hydrogen-bond acceptors (Lipinski definition) is 4. The number of benzene rings is 2. The number of hydrogen-bond donors (Lipinski definition) is 0. The van der Waals surface area contributed by atoms with Gasteiger partial charge in [-0.2, -0.15) is 0 Å². The van der Waals surface area contributed by atoms with Crippen LogP contribution in [0.2, 0.25) is 0 Å². The van der Waals surface area contributed by atoms with Crippen molar-refractivity contribution in [2.75, 3.05) is 5.75 Å². The fraction of sp³-hybridized carbons (Fsp3) is 0.381. The van der Waals surface area contributed by atoms with Crippen molar-refractivity contribution in [2.45, 2.75) is 43.5 Å². The summed E-state index contributed by atoms with van der Waals surface area (Å²) in [5, 5.41) is -0.283. The van der Waals surface area contributed by atoms with Crippen LogP contribution in [0.5, 0.6) is 0 Å². The summed E-state index contributed by atoms with van der Waals surface area (Å²) in [5.41, 5.74) is 1.73. The van der Waals surface area contributed by atoms with E-state index in [-0.39, 0.29) is 17.4 Å². The average Bonchev–Trinajstić information content (AvgIpc) is 3.22. The Hall–Kier alpha value is -2.14. The predicted molar refractivity (Wildman–Crippen MR) is 101 cm³/mol. The van der Waals surface area contributed by atoms with E-state index in [4.69, 9.17) is 4.74 Å². The molecule has 0 saturated heterocycles. The predicted octanol–water partition coefficient (Wildman–Crippen LogP) is 4.07. The molecule has 0 N–H and O–H groups in total. The first-order chi connectivity index (χ1) is 12.6. The maximum absolute atomic E-state index is 12.4. The van der Waals surface area contributed by atoms with E-state index in [2.05, 4.69) is 0 Å². The van der Waals surface area contributed by atoms with E-state index < -0.39 is 21.9 Å². The van der Waals surface area contributed by atoms with E-state index in [0.717, 1.165) is 24.0 Å². The van der Waals surface area contributed by atoms with Gasteiger partial charge in [-0.15, -0.1) is 0 Å². The number of carbonyl (C=O) groups excluding carboxylic acids is 1. The molecule has 0 aliphatic heterocycles. The van der Waals surface area contributed by atoms with E-state index in [9.17, 15) is 13.2 Å². The van der Waals surface area contributed by atoms with E-state index >= 15 is 0 Å². The summed E-state index contributed by atoms with van der Waals surface area (Å²) in [7, 11) is -3.22. The van der Waals surface area contributed by atoms with Gasteiger partial charge in [0.15, 0.2) is 15.9 Å². The Bertz CT molecular complexity index is 770. The Morgan fingerprint density at radius 1 is 0.923 bits per heavy atom. The zero-order valence-corrected chi connectivity index (χ0v) is 15.5. The van der Waals surface area contributed by atoms with Crippen LogP contribution in [0.4, 0.5) is 0 Å². The summed E-state index contributed by atoms with van der Waals surface area (Å²) in [6.07, 6.45) is 2.72. The highest BCUT2D eigenvalue weighted by molar-refractivity contribution is 7.92. The molecule has 2 aromatic rings. The van der Waals surface area contributed by atoms with Crippen LogP contribution < -0.4 is 0 Å². The lowest BCUT2D eigenvalue weighted by Crippen LogP contribution is -2.24. The molecule has 0 amide bonds. The smallest absolute Gasteiger partial charge is 0.307 e. The summed E-state index contributed by atoms with van der Waals surface area (Å²) in [6.45, 7) is 0. The lowest BCUT2D eigenvalue weighted by atomic mass is 10.0. The van der Waals surface area contributed by atoms with Gasteiger partial charge < -0.3 is 4.74 Å². The van der Waals surface area contributed by atoms with Crippen LogP contribution in [-0.4, -0.2) is 25.4 Å². The molecule has 1 aliphatic carbocycles. The minimum atomic E-state index is -3.22. The standard InChI is InChI=1S/C21H24O4S/c22-20(15-16-26(23,24)19-13-7-8-14-19)25-21(17-9-3-1-4-10-17)18-11-5-2-6-12-18/h1-6,9-12,19,21H,7-8,13-16H2. The van der Waals surface area contributed by atoms with Crippen LogP contribution in [-0.2, 0) is 19.4 Å². The van der Waals surface area contributed by atoms with Crippen molar-refractivity contribution in [3.05, 3.63) is 71.8 Å². The van der Waals surface area contributed by atoms with Crippen LogP contribution in [0.15, 0.2) is 60.7 Å². The van der Waals surface area contributed by atoms with E-state index in [0.29, 0.717) is 12.8 Å². The lowest BCUT2D eigenvalue weighted by Gasteiger charge is -2.19. The largest absolute Gasteiger partial charge is 0.453 e. The minimum Gasteiger partial charge on any atom is -0.453 e. The van der Waals surface area contributed by atoms with Gasteiger partial charge in [-0.1, -0.05) is 73.5 Å². The normalized spacial score (nSPS) is 15.3. The maximum atomic E-state index is 12.4. The molecular weight excluding hydrogens is 348 g/mol. The maximum Gasteiger partial charge on any atom is 0.307 e. The van der Waals surface area contributed by atoms with Crippen molar-refractivity contribution in [1.82, 2.24) is 0 Å². The molecule has 3 rings (SSSR count). The van der Waals surface area contributed by atoms with Crippen LogP contribution >= 0.6 is 0 Å². The van der Waals surface area contributed by atoms with Crippen LogP contribution in [0.25, 0.3) is 0 Å². The van der Waals surface area contributed by atoms with Gasteiger partial charge in [-0.25, -0.2) is 8.42 Å². The molecule has 0 aromatic heterocycles. The van der Waals surface area contributed by atoms with Gasteiger partial charge in [0.05, 0.1) is 17.4 Å². The third-order valence-corrected chi connectivity index (χ3v) is 7.12. The van der Waals surface area contributed by atoms with Gasteiger partial charge >= 0.3 is 5.97 Å². The Morgan fingerprint density at radius 3 is 1.92 bits per heavy atom. The molecule has 0 heterocycles. The second kappa shape index (κ2) is 8.49. The van der Waals surface area contributed by atoms with E-state index in [1.165, 1.54) is 0 Å². The molecule has 2 aromatic carbocycles. The second-order valence-corrected chi connectivity index (χ2v) is 9.12. The Kier molecular flexibility index (Phi) is 6.09. The summed E-state index contributed by atoms with van der Waals surface area (Å²) in [6, 6.07) is 19.0. The molecule has 1 aliphatic rings. The number of rotatable bonds is 7. The van der Waals surface area contributed by atoms with Gasteiger partial charge in [0, 0.05) is 0 Å². The van der Waals surface area contributed by atoms with Gasteiger partial charge in [0.2, 0.25) is 0 Å². The molecule has 0 bridgehead atoms. The van der Waals surface area contributed by atoms with Crippen molar-refractivity contribution in [1.29, 1.82) is 0 Å². The summed E-state index contributed by atoms with van der Waals surface area (Å²) < 4.78 is 30.4. The average molecular weight is 372 g/mol. The van der Waals surface area contributed by atoms with Crippen molar-refractivity contribution in [2.24, 2.45) is 0 Å². The highest BCUT2D eigenvalue weighted by Crippen LogP contribution is 2.28. The minimum absolute atomic E-state index is 0.102. The van der Waals surface area contributed by atoms with E-state index in [1.807, 2.05) is 60.7 Å². The zero-order valence-electron chi connectivity index (χ0n) is 14.7. The number of esters is 1. The molecule has 0 spiro atoms. The Balaban J connectivity index is 1.68. The molecule has 0 radical (unpaired) electrons. The van der Waals surface area contributed by atoms with Crippen molar-refractivity contribution < 1.29 is 17.9 Å². The molecular formula is C21H24O4S. The molecule has 1 fully saturated rings. The third-order valence-electron chi connectivity index (χ3n) is 4.85. The number of carbonyl (C=O) groups is 1. The first-order valence-corrected chi connectivity index (χ1v) is 10.8. The third kappa shape index (κ3) is 4.73. The van der Waals surface area contributed by atoms with Crippen LogP contribution in [0.3, 0.4) is 0 Å². The molecule has 1 saturated carbocycles. The first kappa shape index (κ1) is 18.6. The fourth-order valence-corrected chi connectivity index (χ4v) is 5.25. The van der Waals surface area contributed by atoms with Gasteiger partial charge in [0.25, 0.3) is 0 Å². The molecule has 0 unspecified atom stereocenters.